The molecule has 0 spiro atoms. The maximum Gasteiger partial charge on any atom is 0.272 e. The normalized spacial score (nSPS) is 9.94. The van der Waals surface area contributed by atoms with Crippen LogP contribution in [0.2, 0.25) is 5.02 Å². The Hall–Kier alpha value is -1.94. The molecule has 0 unspecified atom stereocenters. The molecule has 2 rings (SSSR count). The van der Waals surface area contributed by atoms with E-state index >= 15 is 0 Å². The molecule has 2 aromatic rings. The van der Waals surface area contributed by atoms with Gasteiger partial charge in [-0.1, -0.05) is 29.8 Å². The highest BCUT2D eigenvalue weighted by Crippen LogP contribution is 2.14. The zero-order chi connectivity index (χ0) is 12.1. The average Bonchev–Trinajstić information content (AvgIpc) is 2.38. The Morgan fingerprint density at radius 1 is 1.24 bits per heavy atom. The van der Waals surface area contributed by atoms with Crippen molar-refractivity contribution in [3.63, 3.8) is 0 Å². The lowest BCUT2D eigenvalue weighted by atomic mass is 10.2. The standard InChI is InChI=1S/C12H10ClN3O/c13-10-5-2-1-4-9(10)8-14-12(17)11-6-3-7-15-16-11/h1-7H,8H2,(H,14,17). The highest BCUT2D eigenvalue weighted by molar-refractivity contribution is 6.31. The smallest absolute Gasteiger partial charge is 0.272 e. The van der Waals surface area contributed by atoms with E-state index in [0.29, 0.717) is 17.3 Å². The van der Waals surface area contributed by atoms with Crippen LogP contribution in [0, 0.1) is 0 Å². The van der Waals surface area contributed by atoms with Gasteiger partial charge >= 0.3 is 0 Å². The SMILES string of the molecule is O=C(NCc1ccccc1Cl)c1cccnn1. The minimum absolute atomic E-state index is 0.266. The minimum atomic E-state index is -0.266. The van der Waals surface area contributed by atoms with Crippen LogP contribution in [-0.2, 0) is 6.54 Å². The summed E-state index contributed by atoms with van der Waals surface area (Å²) in [5.41, 5.74) is 1.16. The Balaban J connectivity index is 2.00. The zero-order valence-electron chi connectivity index (χ0n) is 8.93. The quantitative estimate of drug-likeness (QED) is 0.903. The van der Waals surface area contributed by atoms with E-state index in [0.717, 1.165) is 5.56 Å². The summed E-state index contributed by atoms with van der Waals surface area (Å²) < 4.78 is 0. The van der Waals surface area contributed by atoms with Gasteiger partial charge < -0.3 is 5.32 Å². The van der Waals surface area contributed by atoms with Gasteiger partial charge in [0.15, 0.2) is 5.69 Å². The highest BCUT2D eigenvalue weighted by Gasteiger charge is 2.07. The number of amides is 1. The minimum Gasteiger partial charge on any atom is -0.347 e. The molecule has 86 valence electrons. The molecule has 0 fully saturated rings. The third kappa shape index (κ3) is 3.01. The van der Waals surface area contributed by atoms with Gasteiger partial charge in [0, 0.05) is 17.8 Å². The highest BCUT2D eigenvalue weighted by atomic mass is 35.5. The van der Waals surface area contributed by atoms with Crippen molar-refractivity contribution in [3.8, 4) is 0 Å². The predicted octanol–water partition coefficient (Wildman–Crippen LogP) is 2.06. The molecular formula is C12H10ClN3O. The Morgan fingerprint density at radius 2 is 2.06 bits per heavy atom. The molecule has 5 heteroatoms. The van der Waals surface area contributed by atoms with Crippen molar-refractivity contribution in [2.24, 2.45) is 0 Å². The first-order valence-corrected chi connectivity index (χ1v) is 5.44. The van der Waals surface area contributed by atoms with Crippen molar-refractivity contribution in [2.45, 2.75) is 6.54 Å². The maximum absolute atomic E-state index is 11.7. The molecule has 1 amide bonds. The zero-order valence-corrected chi connectivity index (χ0v) is 9.69. The summed E-state index contributed by atoms with van der Waals surface area (Å²) in [4.78, 5) is 11.7. The lowest BCUT2D eigenvalue weighted by Crippen LogP contribution is -2.24. The van der Waals surface area contributed by atoms with E-state index in [1.807, 2.05) is 18.2 Å². The van der Waals surface area contributed by atoms with Gasteiger partial charge in [-0.15, -0.1) is 5.10 Å². The van der Waals surface area contributed by atoms with Gasteiger partial charge in [-0.2, -0.15) is 5.10 Å². The van der Waals surface area contributed by atoms with Crippen molar-refractivity contribution in [1.29, 1.82) is 0 Å². The van der Waals surface area contributed by atoms with Crippen molar-refractivity contribution >= 4 is 17.5 Å². The van der Waals surface area contributed by atoms with Crippen LogP contribution in [0.15, 0.2) is 42.6 Å². The molecule has 4 nitrogen and oxygen atoms in total. The number of hydrogen-bond acceptors (Lipinski definition) is 3. The molecule has 0 aliphatic carbocycles. The van der Waals surface area contributed by atoms with Gasteiger partial charge in [0.05, 0.1) is 0 Å². The molecule has 1 heterocycles. The summed E-state index contributed by atoms with van der Waals surface area (Å²) in [5, 5.41) is 10.7. The third-order valence-electron chi connectivity index (χ3n) is 2.20. The molecule has 0 aliphatic rings. The van der Waals surface area contributed by atoms with Crippen molar-refractivity contribution < 1.29 is 4.79 Å². The molecule has 0 radical (unpaired) electrons. The second kappa shape index (κ2) is 5.41. The van der Waals surface area contributed by atoms with Crippen LogP contribution >= 0.6 is 11.6 Å². The van der Waals surface area contributed by atoms with Crippen LogP contribution in [0.3, 0.4) is 0 Å². The van der Waals surface area contributed by atoms with E-state index < -0.39 is 0 Å². The summed E-state index contributed by atoms with van der Waals surface area (Å²) in [7, 11) is 0. The third-order valence-corrected chi connectivity index (χ3v) is 2.57. The number of hydrogen-bond donors (Lipinski definition) is 1. The fourth-order valence-corrected chi connectivity index (χ4v) is 1.53. The first kappa shape index (κ1) is 11.5. The Labute approximate surface area is 104 Å². The topological polar surface area (TPSA) is 54.9 Å². The van der Waals surface area contributed by atoms with E-state index in [1.165, 1.54) is 6.20 Å². The summed E-state index contributed by atoms with van der Waals surface area (Å²) in [5.74, 6) is -0.266. The van der Waals surface area contributed by atoms with Gasteiger partial charge in [-0.3, -0.25) is 4.79 Å². The number of carbonyl (C=O) groups excluding carboxylic acids is 1. The molecular weight excluding hydrogens is 238 g/mol. The van der Waals surface area contributed by atoms with E-state index in [4.69, 9.17) is 11.6 Å². The fourth-order valence-electron chi connectivity index (χ4n) is 1.33. The maximum atomic E-state index is 11.7. The van der Waals surface area contributed by atoms with Crippen LogP contribution in [0.25, 0.3) is 0 Å². The molecule has 0 saturated heterocycles. The number of rotatable bonds is 3. The number of carbonyl (C=O) groups is 1. The van der Waals surface area contributed by atoms with Crippen LogP contribution in [0.4, 0.5) is 0 Å². The Bertz CT molecular complexity index is 516. The molecule has 1 aromatic heterocycles. The lowest BCUT2D eigenvalue weighted by molar-refractivity contribution is 0.0945. The van der Waals surface area contributed by atoms with Gasteiger partial charge in [-0.05, 0) is 23.8 Å². The van der Waals surface area contributed by atoms with E-state index in [9.17, 15) is 4.79 Å². The predicted molar refractivity (Wildman–Crippen MR) is 64.7 cm³/mol. The lowest BCUT2D eigenvalue weighted by Gasteiger charge is -2.05. The first-order valence-electron chi connectivity index (χ1n) is 5.06. The van der Waals surface area contributed by atoms with E-state index in [-0.39, 0.29) is 5.91 Å². The summed E-state index contributed by atoms with van der Waals surface area (Å²) >= 11 is 5.97. The largest absolute Gasteiger partial charge is 0.347 e. The Kier molecular flexibility index (Phi) is 3.67. The summed E-state index contributed by atoms with van der Waals surface area (Å²) in [6, 6.07) is 10.6. The van der Waals surface area contributed by atoms with Gasteiger partial charge in [0.25, 0.3) is 5.91 Å². The summed E-state index contributed by atoms with van der Waals surface area (Å²) in [6.07, 6.45) is 1.52. The average molecular weight is 248 g/mol. The van der Waals surface area contributed by atoms with Gasteiger partial charge in [-0.25, -0.2) is 0 Å². The monoisotopic (exact) mass is 247 g/mol. The number of nitrogens with zero attached hydrogens (tertiary/aromatic N) is 2. The van der Waals surface area contributed by atoms with E-state index in [2.05, 4.69) is 15.5 Å². The second-order valence-corrected chi connectivity index (χ2v) is 3.79. The van der Waals surface area contributed by atoms with Crippen LogP contribution in [0.1, 0.15) is 16.1 Å². The first-order chi connectivity index (χ1) is 8.27. The number of benzene rings is 1. The molecule has 0 aliphatic heterocycles. The molecule has 1 N–H and O–H groups in total. The number of aromatic nitrogens is 2. The van der Waals surface area contributed by atoms with Gasteiger partial charge in [0.2, 0.25) is 0 Å². The van der Waals surface area contributed by atoms with Crippen LogP contribution < -0.4 is 5.32 Å². The number of nitrogens with one attached hydrogen (secondary N) is 1. The van der Waals surface area contributed by atoms with Gasteiger partial charge in [0.1, 0.15) is 0 Å². The van der Waals surface area contributed by atoms with Crippen molar-refractivity contribution in [3.05, 3.63) is 58.9 Å². The van der Waals surface area contributed by atoms with Crippen LogP contribution in [-0.4, -0.2) is 16.1 Å². The van der Waals surface area contributed by atoms with Crippen molar-refractivity contribution in [2.75, 3.05) is 0 Å². The number of halogens is 1. The second-order valence-electron chi connectivity index (χ2n) is 3.38. The van der Waals surface area contributed by atoms with E-state index in [1.54, 1.807) is 18.2 Å². The van der Waals surface area contributed by atoms with Crippen LogP contribution in [0.5, 0.6) is 0 Å². The molecule has 0 saturated carbocycles. The van der Waals surface area contributed by atoms with Crippen molar-refractivity contribution in [1.82, 2.24) is 15.5 Å². The molecule has 1 aromatic carbocycles. The fraction of sp³-hybridized carbons (Fsp3) is 0.0833. The Morgan fingerprint density at radius 3 is 2.76 bits per heavy atom. The molecule has 17 heavy (non-hydrogen) atoms. The molecule has 0 bridgehead atoms. The summed E-state index contributed by atoms with van der Waals surface area (Å²) in [6.45, 7) is 0.370. The molecule has 0 atom stereocenters.